The number of aryl methyl sites for hydroxylation is 1. The second-order valence-electron chi connectivity index (χ2n) is 4.25. The van der Waals surface area contributed by atoms with Crippen molar-refractivity contribution in [3.8, 4) is 0 Å². The lowest BCUT2D eigenvalue weighted by atomic mass is 10.3. The van der Waals surface area contributed by atoms with Gasteiger partial charge in [-0.25, -0.2) is 14.8 Å². The van der Waals surface area contributed by atoms with E-state index < -0.39 is 5.97 Å². The average Bonchev–Trinajstić information content (AvgIpc) is 2.41. The van der Waals surface area contributed by atoms with Gasteiger partial charge in [-0.15, -0.1) is 0 Å². The van der Waals surface area contributed by atoms with Crippen LogP contribution in [0, 0.1) is 6.92 Å². The predicted octanol–water partition coefficient (Wildman–Crippen LogP) is 1.17. The van der Waals surface area contributed by atoms with Gasteiger partial charge in [-0.3, -0.25) is 0 Å². The molecule has 0 aliphatic rings. The Hall–Kier alpha value is -1.69. The first-order valence-electron chi connectivity index (χ1n) is 6.42. The molecule has 0 saturated heterocycles. The summed E-state index contributed by atoms with van der Waals surface area (Å²) in [5, 5.41) is 9.11. The van der Waals surface area contributed by atoms with Gasteiger partial charge in [-0.05, 0) is 13.3 Å². The highest BCUT2D eigenvalue weighted by atomic mass is 16.5. The minimum absolute atomic E-state index is 0.0420. The number of unbranched alkanes of at least 4 members (excludes halogenated alkanes) is 1. The van der Waals surface area contributed by atoms with Crippen molar-refractivity contribution >= 4 is 11.8 Å². The molecule has 0 amide bonds. The number of hydrogen-bond acceptors (Lipinski definition) is 6. The summed E-state index contributed by atoms with van der Waals surface area (Å²) in [6, 6.07) is 1.80. The lowest BCUT2D eigenvalue weighted by Gasteiger charge is -2.23. The van der Waals surface area contributed by atoms with Crippen LogP contribution in [0.4, 0.5) is 5.82 Å². The predicted molar refractivity (Wildman–Crippen MR) is 72.3 cm³/mol. The standard InChI is InChI=1S/C13H21N3O3/c1-4-5-6-16(7-8-17)11-9-10(2)14-12(15-11)13(18)19-3/h9,17H,4-8H2,1-3H3. The highest BCUT2D eigenvalue weighted by molar-refractivity contribution is 5.85. The van der Waals surface area contributed by atoms with Gasteiger partial charge in [0.1, 0.15) is 5.82 Å². The summed E-state index contributed by atoms with van der Waals surface area (Å²) in [5.74, 6) is 0.150. The summed E-state index contributed by atoms with van der Waals surface area (Å²) >= 11 is 0. The van der Waals surface area contributed by atoms with Gasteiger partial charge in [0, 0.05) is 24.8 Å². The first-order chi connectivity index (χ1) is 9.12. The number of carbonyl (C=O) groups excluding carboxylic acids is 1. The molecule has 1 rings (SSSR count). The van der Waals surface area contributed by atoms with Gasteiger partial charge in [0.15, 0.2) is 0 Å². The van der Waals surface area contributed by atoms with Crippen LogP contribution in [0.5, 0.6) is 0 Å². The maximum atomic E-state index is 11.5. The zero-order chi connectivity index (χ0) is 14.3. The molecule has 106 valence electrons. The number of aliphatic hydroxyl groups is 1. The van der Waals surface area contributed by atoms with Crippen LogP contribution in [0.3, 0.4) is 0 Å². The quantitative estimate of drug-likeness (QED) is 0.747. The zero-order valence-electron chi connectivity index (χ0n) is 11.7. The van der Waals surface area contributed by atoms with Crippen LogP contribution in [0.25, 0.3) is 0 Å². The Morgan fingerprint density at radius 2 is 2.16 bits per heavy atom. The van der Waals surface area contributed by atoms with E-state index in [9.17, 15) is 4.79 Å². The number of aromatic nitrogens is 2. The van der Waals surface area contributed by atoms with Crippen molar-refractivity contribution in [1.29, 1.82) is 0 Å². The second kappa shape index (κ2) is 7.68. The van der Waals surface area contributed by atoms with E-state index in [4.69, 9.17) is 5.11 Å². The lowest BCUT2D eigenvalue weighted by molar-refractivity contribution is 0.0586. The number of esters is 1. The van der Waals surface area contributed by atoms with Crippen molar-refractivity contribution < 1.29 is 14.6 Å². The van der Waals surface area contributed by atoms with Gasteiger partial charge >= 0.3 is 5.97 Å². The van der Waals surface area contributed by atoms with Gasteiger partial charge in [-0.1, -0.05) is 13.3 Å². The third-order valence-corrected chi connectivity index (χ3v) is 2.68. The van der Waals surface area contributed by atoms with Crippen LogP contribution < -0.4 is 4.90 Å². The highest BCUT2D eigenvalue weighted by Crippen LogP contribution is 2.13. The fourth-order valence-corrected chi connectivity index (χ4v) is 1.71. The van der Waals surface area contributed by atoms with Crippen molar-refractivity contribution in [2.45, 2.75) is 26.7 Å². The lowest BCUT2D eigenvalue weighted by Crippen LogP contribution is -2.29. The van der Waals surface area contributed by atoms with Crippen LogP contribution >= 0.6 is 0 Å². The molecule has 0 aliphatic carbocycles. The SMILES string of the molecule is CCCCN(CCO)c1cc(C)nc(C(=O)OC)n1. The smallest absolute Gasteiger partial charge is 0.376 e. The fraction of sp³-hybridized carbons (Fsp3) is 0.615. The largest absolute Gasteiger partial charge is 0.463 e. The molecule has 19 heavy (non-hydrogen) atoms. The molecule has 0 aromatic carbocycles. The van der Waals surface area contributed by atoms with Crippen LogP contribution in [-0.2, 0) is 4.74 Å². The minimum Gasteiger partial charge on any atom is -0.463 e. The molecule has 1 aromatic rings. The number of ether oxygens (including phenoxy) is 1. The highest BCUT2D eigenvalue weighted by Gasteiger charge is 2.14. The third kappa shape index (κ3) is 4.48. The van der Waals surface area contributed by atoms with Crippen molar-refractivity contribution in [1.82, 2.24) is 9.97 Å². The van der Waals surface area contributed by atoms with Gasteiger partial charge in [0.05, 0.1) is 13.7 Å². The third-order valence-electron chi connectivity index (χ3n) is 2.68. The van der Waals surface area contributed by atoms with Gasteiger partial charge in [0.25, 0.3) is 0 Å². The van der Waals surface area contributed by atoms with E-state index in [1.807, 2.05) is 4.90 Å². The normalized spacial score (nSPS) is 10.3. The number of hydrogen-bond donors (Lipinski definition) is 1. The van der Waals surface area contributed by atoms with E-state index in [1.165, 1.54) is 7.11 Å². The molecule has 0 saturated carbocycles. The maximum Gasteiger partial charge on any atom is 0.376 e. The second-order valence-corrected chi connectivity index (χ2v) is 4.25. The molecule has 0 spiro atoms. The topological polar surface area (TPSA) is 75.5 Å². The molecular formula is C13H21N3O3. The van der Waals surface area contributed by atoms with Crippen molar-refractivity contribution in [2.75, 3.05) is 31.7 Å². The summed E-state index contributed by atoms with van der Waals surface area (Å²) in [5.41, 5.74) is 0.699. The number of rotatable bonds is 7. The summed E-state index contributed by atoms with van der Waals surface area (Å²) in [6.45, 7) is 5.21. The number of anilines is 1. The Labute approximate surface area is 113 Å². The number of nitrogens with zero attached hydrogens (tertiary/aromatic N) is 3. The maximum absolute atomic E-state index is 11.5. The van der Waals surface area contributed by atoms with E-state index in [1.54, 1.807) is 13.0 Å². The Kier molecular flexibility index (Phi) is 6.21. The monoisotopic (exact) mass is 267 g/mol. The minimum atomic E-state index is -0.551. The molecule has 0 unspecified atom stereocenters. The van der Waals surface area contributed by atoms with Crippen LogP contribution in [0.2, 0.25) is 0 Å². The first-order valence-corrected chi connectivity index (χ1v) is 6.42. The average molecular weight is 267 g/mol. The summed E-state index contributed by atoms with van der Waals surface area (Å²) in [4.78, 5) is 21.7. The van der Waals surface area contributed by atoms with E-state index in [-0.39, 0.29) is 12.4 Å². The molecule has 0 radical (unpaired) electrons. The Balaban J connectivity index is 3.00. The Morgan fingerprint density at radius 1 is 1.42 bits per heavy atom. The van der Waals surface area contributed by atoms with Crippen molar-refractivity contribution in [3.63, 3.8) is 0 Å². The Bertz CT molecular complexity index is 424. The zero-order valence-corrected chi connectivity index (χ0v) is 11.7. The number of carbonyl (C=O) groups is 1. The van der Waals surface area contributed by atoms with Crippen molar-refractivity contribution in [2.24, 2.45) is 0 Å². The van der Waals surface area contributed by atoms with E-state index in [2.05, 4.69) is 21.6 Å². The first kappa shape index (κ1) is 15.4. The molecule has 0 atom stereocenters. The van der Waals surface area contributed by atoms with Crippen molar-refractivity contribution in [3.05, 3.63) is 17.6 Å². The van der Waals surface area contributed by atoms with Crippen LogP contribution in [-0.4, -0.2) is 47.8 Å². The van der Waals surface area contributed by atoms with Gasteiger partial charge < -0.3 is 14.7 Å². The molecule has 0 aliphatic heterocycles. The summed E-state index contributed by atoms with van der Waals surface area (Å²) < 4.78 is 4.64. The molecule has 6 nitrogen and oxygen atoms in total. The molecule has 6 heteroatoms. The Morgan fingerprint density at radius 3 is 2.74 bits per heavy atom. The van der Waals surface area contributed by atoms with E-state index >= 15 is 0 Å². The van der Waals surface area contributed by atoms with Crippen LogP contribution in [0.15, 0.2) is 6.07 Å². The van der Waals surface area contributed by atoms with E-state index in [0.29, 0.717) is 18.1 Å². The van der Waals surface area contributed by atoms with Gasteiger partial charge in [0.2, 0.25) is 5.82 Å². The summed E-state index contributed by atoms with van der Waals surface area (Å²) in [6.07, 6.45) is 2.05. The summed E-state index contributed by atoms with van der Waals surface area (Å²) in [7, 11) is 1.30. The number of aliphatic hydroxyl groups excluding tert-OH is 1. The van der Waals surface area contributed by atoms with E-state index in [0.717, 1.165) is 19.4 Å². The number of methoxy groups -OCH3 is 1. The molecular weight excluding hydrogens is 246 g/mol. The van der Waals surface area contributed by atoms with Gasteiger partial charge in [-0.2, -0.15) is 0 Å². The fourth-order valence-electron chi connectivity index (χ4n) is 1.71. The molecule has 1 N–H and O–H groups in total. The molecule has 0 fully saturated rings. The molecule has 0 bridgehead atoms. The molecule has 1 aromatic heterocycles. The van der Waals surface area contributed by atoms with Crippen LogP contribution in [0.1, 0.15) is 36.1 Å². The molecule has 1 heterocycles.